The van der Waals surface area contributed by atoms with Gasteiger partial charge in [-0.3, -0.25) is 9.78 Å². The number of rotatable bonds is 3. The largest absolute Gasteiger partial charge is 0.328 e. The van der Waals surface area contributed by atoms with Crippen LogP contribution in [0.2, 0.25) is 5.02 Å². The number of amides is 1. The van der Waals surface area contributed by atoms with Crippen molar-refractivity contribution in [3.05, 3.63) is 76.7 Å². The summed E-state index contributed by atoms with van der Waals surface area (Å²) in [5, 5.41) is 1.42. The average molecular weight is 385 g/mol. The molecule has 1 aromatic heterocycles. The van der Waals surface area contributed by atoms with Crippen molar-refractivity contribution in [1.29, 1.82) is 0 Å². The molecule has 1 amide bonds. The van der Waals surface area contributed by atoms with Gasteiger partial charge in [-0.15, -0.1) is 0 Å². The quantitative estimate of drug-likeness (QED) is 0.753. The van der Waals surface area contributed by atoms with Gasteiger partial charge in [-0.1, -0.05) is 35.9 Å². The van der Waals surface area contributed by atoms with Crippen LogP contribution in [0.4, 0.5) is 4.39 Å². The minimum Gasteiger partial charge on any atom is -0.328 e. The van der Waals surface area contributed by atoms with Crippen molar-refractivity contribution in [2.45, 2.75) is 6.54 Å². The Bertz CT molecular complexity index is 961. The zero-order chi connectivity index (χ0) is 18.8. The summed E-state index contributed by atoms with van der Waals surface area (Å²) in [7, 11) is 0. The van der Waals surface area contributed by atoms with Gasteiger partial charge in [0.05, 0.1) is 47.8 Å². The van der Waals surface area contributed by atoms with Crippen LogP contribution in [0.5, 0.6) is 0 Å². The van der Waals surface area contributed by atoms with E-state index in [0.29, 0.717) is 35.8 Å². The lowest BCUT2D eigenvalue weighted by Crippen LogP contribution is -3.13. The van der Waals surface area contributed by atoms with Gasteiger partial charge in [0.25, 0.3) is 5.91 Å². The number of quaternary nitrogens is 1. The molecule has 1 fully saturated rings. The van der Waals surface area contributed by atoms with E-state index in [1.54, 1.807) is 18.3 Å². The standard InChI is InChI=1S/C21H19ClFN3O/c22-18-7-2-8-19(23)17(18)14-25-10-12-26(13-11-25)21(27)16-6-1-4-15-5-3-9-24-20(15)16/h1-9H,10-14H2/p+1. The van der Waals surface area contributed by atoms with Crippen molar-refractivity contribution in [2.75, 3.05) is 26.2 Å². The van der Waals surface area contributed by atoms with Crippen LogP contribution in [0.25, 0.3) is 10.9 Å². The van der Waals surface area contributed by atoms with E-state index in [0.717, 1.165) is 24.0 Å². The second-order valence-corrected chi connectivity index (χ2v) is 7.21. The fourth-order valence-corrected chi connectivity index (χ4v) is 3.83. The maximum absolute atomic E-state index is 14.0. The van der Waals surface area contributed by atoms with Crippen LogP contribution in [0, 0.1) is 5.82 Å². The zero-order valence-corrected chi connectivity index (χ0v) is 15.5. The summed E-state index contributed by atoms with van der Waals surface area (Å²) >= 11 is 6.14. The molecule has 1 aliphatic rings. The van der Waals surface area contributed by atoms with Gasteiger partial charge >= 0.3 is 0 Å². The number of benzene rings is 2. The Balaban J connectivity index is 1.45. The Kier molecular flexibility index (Phi) is 5.05. The zero-order valence-electron chi connectivity index (χ0n) is 14.8. The Morgan fingerprint density at radius 1 is 1.11 bits per heavy atom. The molecule has 0 spiro atoms. The van der Waals surface area contributed by atoms with E-state index < -0.39 is 0 Å². The van der Waals surface area contributed by atoms with Crippen LogP contribution < -0.4 is 4.90 Å². The predicted molar refractivity (Wildman–Crippen MR) is 103 cm³/mol. The SMILES string of the molecule is O=C(c1cccc2cccnc12)N1CC[NH+](Cc2c(F)cccc2Cl)CC1. The first-order valence-corrected chi connectivity index (χ1v) is 9.41. The molecule has 2 heterocycles. The van der Waals surface area contributed by atoms with Crippen molar-refractivity contribution in [3.63, 3.8) is 0 Å². The molecule has 2 aromatic carbocycles. The summed E-state index contributed by atoms with van der Waals surface area (Å²) < 4.78 is 14.0. The van der Waals surface area contributed by atoms with Crippen LogP contribution in [-0.2, 0) is 6.54 Å². The second kappa shape index (κ2) is 7.62. The lowest BCUT2D eigenvalue weighted by molar-refractivity contribution is -0.917. The van der Waals surface area contributed by atoms with Gasteiger partial charge in [0.15, 0.2) is 0 Å². The molecule has 0 radical (unpaired) electrons. The number of pyridine rings is 1. The van der Waals surface area contributed by atoms with E-state index in [4.69, 9.17) is 11.6 Å². The molecule has 27 heavy (non-hydrogen) atoms. The number of hydrogen-bond donors (Lipinski definition) is 1. The van der Waals surface area contributed by atoms with E-state index in [1.807, 2.05) is 35.2 Å². The molecule has 4 rings (SSSR count). The highest BCUT2D eigenvalue weighted by Gasteiger charge is 2.26. The number of piperazine rings is 1. The first-order chi connectivity index (χ1) is 13.1. The summed E-state index contributed by atoms with van der Waals surface area (Å²) in [5.74, 6) is -0.266. The number of carbonyl (C=O) groups is 1. The second-order valence-electron chi connectivity index (χ2n) is 6.80. The number of hydrogen-bond acceptors (Lipinski definition) is 2. The lowest BCUT2D eigenvalue weighted by atomic mass is 10.1. The molecule has 1 saturated heterocycles. The first-order valence-electron chi connectivity index (χ1n) is 9.03. The number of para-hydroxylation sites is 1. The Hall–Kier alpha value is -2.50. The molecular weight excluding hydrogens is 365 g/mol. The molecule has 0 bridgehead atoms. The Morgan fingerprint density at radius 2 is 1.85 bits per heavy atom. The number of aromatic nitrogens is 1. The molecule has 0 aliphatic carbocycles. The molecular formula is C21H20ClFN3O+. The van der Waals surface area contributed by atoms with Crippen LogP contribution in [0.3, 0.4) is 0 Å². The van der Waals surface area contributed by atoms with Crippen LogP contribution in [0.1, 0.15) is 15.9 Å². The van der Waals surface area contributed by atoms with Crippen molar-refractivity contribution >= 4 is 28.4 Å². The number of nitrogens with one attached hydrogen (secondary N) is 1. The highest BCUT2D eigenvalue weighted by Crippen LogP contribution is 2.19. The highest BCUT2D eigenvalue weighted by molar-refractivity contribution is 6.31. The van der Waals surface area contributed by atoms with Gasteiger partial charge in [0.1, 0.15) is 12.4 Å². The summed E-state index contributed by atoms with van der Waals surface area (Å²) in [6.45, 7) is 3.31. The van der Waals surface area contributed by atoms with E-state index in [1.165, 1.54) is 11.0 Å². The van der Waals surface area contributed by atoms with Crippen LogP contribution >= 0.6 is 11.6 Å². The molecule has 1 aliphatic heterocycles. The molecule has 138 valence electrons. The summed E-state index contributed by atoms with van der Waals surface area (Å²) in [5.41, 5.74) is 1.92. The van der Waals surface area contributed by atoms with Gasteiger partial charge in [-0.05, 0) is 24.3 Å². The van der Waals surface area contributed by atoms with Crippen molar-refractivity contribution in [1.82, 2.24) is 9.88 Å². The van der Waals surface area contributed by atoms with Crippen molar-refractivity contribution in [3.8, 4) is 0 Å². The molecule has 0 unspecified atom stereocenters. The molecule has 0 saturated carbocycles. The van der Waals surface area contributed by atoms with Gasteiger partial charge in [-0.2, -0.15) is 0 Å². The Morgan fingerprint density at radius 3 is 2.63 bits per heavy atom. The Labute approximate surface area is 162 Å². The topological polar surface area (TPSA) is 37.6 Å². The van der Waals surface area contributed by atoms with Gasteiger partial charge in [-0.25, -0.2) is 4.39 Å². The molecule has 1 N–H and O–H groups in total. The van der Waals surface area contributed by atoms with E-state index in [9.17, 15) is 9.18 Å². The minimum atomic E-state index is -0.268. The summed E-state index contributed by atoms with van der Waals surface area (Å²) in [6, 6.07) is 14.3. The third-order valence-corrected chi connectivity index (χ3v) is 5.46. The van der Waals surface area contributed by atoms with Crippen LogP contribution in [0.15, 0.2) is 54.7 Å². The molecule has 3 aromatic rings. The average Bonchev–Trinajstić information content (AvgIpc) is 2.70. The van der Waals surface area contributed by atoms with Gasteiger partial charge in [0.2, 0.25) is 0 Å². The number of carbonyl (C=O) groups excluding carboxylic acids is 1. The van der Waals surface area contributed by atoms with Gasteiger partial charge < -0.3 is 9.80 Å². The summed E-state index contributed by atoms with van der Waals surface area (Å²) in [6.07, 6.45) is 1.71. The smallest absolute Gasteiger partial charge is 0.256 e. The fraction of sp³-hybridized carbons (Fsp3) is 0.238. The van der Waals surface area contributed by atoms with Crippen molar-refractivity contribution in [2.24, 2.45) is 0 Å². The number of halogens is 2. The van der Waals surface area contributed by atoms with Gasteiger partial charge in [0, 0.05) is 11.6 Å². The molecule has 0 atom stereocenters. The van der Waals surface area contributed by atoms with E-state index >= 15 is 0 Å². The molecule has 4 nitrogen and oxygen atoms in total. The third-order valence-electron chi connectivity index (χ3n) is 5.11. The minimum absolute atomic E-state index is 0.00211. The summed E-state index contributed by atoms with van der Waals surface area (Å²) in [4.78, 5) is 20.4. The number of nitrogens with zero attached hydrogens (tertiary/aromatic N) is 2. The normalized spacial score (nSPS) is 15.3. The maximum Gasteiger partial charge on any atom is 0.256 e. The monoisotopic (exact) mass is 384 g/mol. The van der Waals surface area contributed by atoms with E-state index in [-0.39, 0.29) is 11.7 Å². The maximum atomic E-state index is 14.0. The van der Waals surface area contributed by atoms with Crippen LogP contribution in [-0.4, -0.2) is 42.0 Å². The third kappa shape index (κ3) is 3.66. The first kappa shape index (κ1) is 17.9. The molecule has 6 heteroatoms. The van der Waals surface area contributed by atoms with E-state index in [2.05, 4.69) is 4.98 Å². The highest BCUT2D eigenvalue weighted by atomic mass is 35.5. The predicted octanol–water partition coefficient (Wildman–Crippen LogP) is 2.57. The van der Waals surface area contributed by atoms with Crippen molar-refractivity contribution < 1.29 is 14.1 Å². The fourth-order valence-electron chi connectivity index (χ4n) is 3.60. The lowest BCUT2D eigenvalue weighted by Gasteiger charge is -2.32. The number of fused-ring (bicyclic) bond motifs is 1.